The lowest BCUT2D eigenvalue weighted by Gasteiger charge is -2.45. The predicted molar refractivity (Wildman–Crippen MR) is 75.1 cm³/mol. The first kappa shape index (κ1) is 16.7. The van der Waals surface area contributed by atoms with Crippen molar-refractivity contribution in [3.05, 3.63) is 12.3 Å². The smallest absolute Gasteiger partial charge is 0.205 e. The summed E-state index contributed by atoms with van der Waals surface area (Å²) in [5.41, 5.74) is 0. The maximum atomic E-state index is 10.2. The monoisotopic (exact) mass is 346 g/mol. The Bertz CT molecular complexity index is 513. The zero-order chi connectivity index (χ0) is 17.2. The Labute approximate surface area is 137 Å². The largest absolute Gasteiger partial charge is 0.472 e. The van der Waals surface area contributed by atoms with Crippen LogP contribution in [-0.2, 0) is 14.2 Å². The number of epoxide rings is 1. The average Bonchev–Trinajstić information content (AvgIpc) is 3.32. The fourth-order valence-electron chi connectivity index (χ4n) is 4.24. The Hall–Kier alpha value is -0.780. The number of ether oxygens (including phenoxy) is 3. The first-order valence-electron chi connectivity index (χ1n) is 8.10. The first-order chi connectivity index (χ1) is 11.5. The van der Waals surface area contributed by atoms with Gasteiger partial charge in [0.05, 0.1) is 43.2 Å². The van der Waals surface area contributed by atoms with Crippen LogP contribution in [0, 0.1) is 17.8 Å². The van der Waals surface area contributed by atoms with E-state index in [1.165, 1.54) is 6.26 Å². The average molecular weight is 346 g/mol. The van der Waals surface area contributed by atoms with Crippen LogP contribution in [0.1, 0.15) is 0 Å². The molecule has 9 nitrogen and oxygen atoms in total. The van der Waals surface area contributed by atoms with Crippen LogP contribution in [0.2, 0.25) is 0 Å². The van der Waals surface area contributed by atoms with Crippen LogP contribution < -0.4 is 0 Å². The van der Waals surface area contributed by atoms with E-state index in [4.69, 9.17) is 14.2 Å². The maximum Gasteiger partial charge on any atom is 0.205 e. The molecule has 0 bridgehead atoms. The molecule has 4 aliphatic rings. The first-order valence-corrected chi connectivity index (χ1v) is 8.10. The Balaban J connectivity index is 1.54. The van der Waals surface area contributed by atoms with E-state index in [0.717, 1.165) is 0 Å². The van der Waals surface area contributed by atoms with Crippen molar-refractivity contribution in [2.45, 2.75) is 55.1 Å². The van der Waals surface area contributed by atoms with Crippen LogP contribution in [0.4, 0.5) is 0 Å². The zero-order valence-electron chi connectivity index (χ0n) is 12.7. The molecule has 0 amide bonds. The minimum absolute atomic E-state index is 0.207. The second-order valence-electron chi connectivity index (χ2n) is 6.95. The number of fused-ring (bicyclic) bond motifs is 3. The number of hydrogen-bond acceptors (Lipinski definition) is 9. The van der Waals surface area contributed by atoms with Gasteiger partial charge in [0.1, 0.15) is 24.4 Å². The highest BCUT2D eigenvalue weighted by atomic mass is 16.7. The maximum absolute atomic E-state index is 10.2. The summed E-state index contributed by atoms with van der Waals surface area (Å²) in [7, 11) is 0. The van der Waals surface area contributed by atoms with E-state index in [0.29, 0.717) is 0 Å². The molecule has 2 heterocycles. The third-order valence-corrected chi connectivity index (χ3v) is 5.69. The van der Waals surface area contributed by atoms with Crippen LogP contribution >= 0.6 is 0 Å². The summed E-state index contributed by atoms with van der Waals surface area (Å²) < 4.78 is 16.7. The highest BCUT2D eigenvalue weighted by molar-refractivity contribution is 5.16. The van der Waals surface area contributed by atoms with Crippen molar-refractivity contribution in [1.29, 1.82) is 0 Å². The fraction of sp³-hybridized carbons (Fsp3) is 0.867. The predicted octanol–water partition coefficient (Wildman–Crippen LogP) is -3.32. The van der Waals surface area contributed by atoms with Crippen molar-refractivity contribution in [2.24, 2.45) is 17.8 Å². The minimum Gasteiger partial charge on any atom is -0.472 e. The molecule has 1 saturated heterocycles. The summed E-state index contributed by atoms with van der Waals surface area (Å²) in [5, 5.41) is 59.5. The van der Waals surface area contributed by atoms with Crippen molar-refractivity contribution >= 4 is 0 Å². The standard InChI is InChI=1S/C15H22O9/c16-3-5-7(17)9(19)10(20)11(21)12(5)24-15-6-4(1-2-22-15)8(18)14-13(6)23-14/h1-2,4-21H,3H2/t4-,5+,6+,7-,8-,9+,10-,11+,12+,13+,14-,15-/m0/s1. The summed E-state index contributed by atoms with van der Waals surface area (Å²) >= 11 is 0. The Morgan fingerprint density at radius 3 is 2.29 bits per heavy atom. The molecule has 3 fully saturated rings. The Kier molecular flexibility index (Phi) is 4.09. The summed E-state index contributed by atoms with van der Waals surface area (Å²) in [6, 6.07) is 0. The zero-order valence-corrected chi connectivity index (χ0v) is 12.7. The second kappa shape index (κ2) is 5.89. The van der Waals surface area contributed by atoms with Gasteiger partial charge in [-0.15, -0.1) is 0 Å². The minimum atomic E-state index is -1.61. The fourth-order valence-corrected chi connectivity index (χ4v) is 4.24. The van der Waals surface area contributed by atoms with Crippen molar-refractivity contribution in [3.8, 4) is 0 Å². The number of aliphatic hydroxyl groups is 6. The molecule has 0 aromatic carbocycles. The summed E-state index contributed by atoms with van der Waals surface area (Å²) in [6.45, 7) is -0.547. The van der Waals surface area contributed by atoms with Crippen LogP contribution in [0.3, 0.4) is 0 Å². The molecule has 12 atom stereocenters. The number of rotatable bonds is 3. The Morgan fingerprint density at radius 2 is 1.58 bits per heavy atom. The van der Waals surface area contributed by atoms with Crippen molar-refractivity contribution in [2.75, 3.05) is 6.61 Å². The second-order valence-corrected chi connectivity index (χ2v) is 6.95. The van der Waals surface area contributed by atoms with Gasteiger partial charge in [-0.25, -0.2) is 0 Å². The number of aliphatic hydroxyl groups excluding tert-OH is 6. The van der Waals surface area contributed by atoms with Crippen LogP contribution in [0.5, 0.6) is 0 Å². The quantitative estimate of drug-likeness (QED) is 0.288. The van der Waals surface area contributed by atoms with Gasteiger partial charge in [0, 0.05) is 11.8 Å². The van der Waals surface area contributed by atoms with Gasteiger partial charge in [0.2, 0.25) is 6.29 Å². The van der Waals surface area contributed by atoms with Gasteiger partial charge in [0.25, 0.3) is 0 Å². The SMILES string of the molecule is OC[C@@H]1[C@H](O)[C@@H](O)[C@H](O)[C@@H](O)[C@@H]1O[C@@H]1OC=C[C@@H]2[C@H](O)[C@@H]3O[C@@H]3[C@H]12. The van der Waals surface area contributed by atoms with E-state index >= 15 is 0 Å². The lowest BCUT2D eigenvalue weighted by Crippen LogP contribution is -2.63. The highest BCUT2D eigenvalue weighted by Gasteiger charge is 2.65. The van der Waals surface area contributed by atoms with Gasteiger partial charge < -0.3 is 44.8 Å². The lowest BCUT2D eigenvalue weighted by atomic mass is 9.78. The lowest BCUT2D eigenvalue weighted by molar-refractivity contribution is -0.274. The van der Waals surface area contributed by atoms with E-state index in [9.17, 15) is 30.6 Å². The molecular formula is C15H22O9. The van der Waals surface area contributed by atoms with Crippen LogP contribution in [0.15, 0.2) is 12.3 Å². The third-order valence-electron chi connectivity index (χ3n) is 5.69. The van der Waals surface area contributed by atoms with Gasteiger partial charge in [-0.3, -0.25) is 0 Å². The van der Waals surface area contributed by atoms with Gasteiger partial charge in [0.15, 0.2) is 0 Å². The molecule has 2 aliphatic carbocycles. The van der Waals surface area contributed by atoms with Gasteiger partial charge in [-0.05, 0) is 6.08 Å². The molecule has 6 N–H and O–H groups in total. The third kappa shape index (κ3) is 2.31. The molecule has 0 radical (unpaired) electrons. The molecule has 24 heavy (non-hydrogen) atoms. The van der Waals surface area contributed by atoms with Crippen LogP contribution in [-0.4, -0.2) is 92.4 Å². The van der Waals surface area contributed by atoms with Crippen molar-refractivity contribution in [1.82, 2.24) is 0 Å². The molecule has 0 aromatic heterocycles. The van der Waals surface area contributed by atoms with Gasteiger partial charge in [-0.1, -0.05) is 0 Å². The molecule has 4 rings (SSSR count). The number of hydrogen-bond donors (Lipinski definition) is 6. The Morgan fingerprint density at radius 1 is 0.875 bits per heavy atom. The topological polar surface area (TPSA) is 152 Å². The molecule has 0 aromatic rings. The normalized spacial score (nSPS) is 58.8. The molecule has 0 spiro atoms. The van der Waals surface area contributed by atoms with Gasteiger partial charge in [-0.2, -0.15) is 0 Å². The van der Waals surface area contributed by atoms with E-state index in [1.54, 1.807) is 6.08 Å². The van der Waals surface area contributed by atoms with E-state index in [2.05, 4.69) is 0 Å². The van der Waals surface area contributed by atoms with Crippen molar-refractivity contribution < 1.29 is 44.8 Å². The molecular weight excluding hydrogens is 324 g/mol. The molecule has 2 saturated carbocycles. The molecule has 9 heteroatoms. The molecule has 0 unspecified atom stereocenters. The van der Waals surface area contributed by atoms with Gasteiger partial charge >= 0.3 is 0 Å². The van der Waals surface area contributed by atoms with E-state index < -0.39 is 55.4 Å². The van der Waals surface area contributed by atoms with Crippen molar-refractivity contribution in [3.63, 3.8) is 0 Å². The molecule has 136 valence electrons. The summed E-state index contributed by atoms with van der Waals surface area (Å²) in [6.07, 6.45) is -6.15. The summed E-state index contributed by atoms with van der Waals surface area (Å²) in [4.78, 5) is 0. The molecule has 2 aliphatic heterocycles. The van der Waals surface area contributed by atoms with E-state index in [1.807, 2.05) is 0 Å². The highest BCUT2D eigenvalue weighted by Crippen LogP contribution is 2.51. The summed E-state index contributed by atoms with van der Waals surface area (Å²) in [5.74, 6) is -1.49. The van der Waals surface area contributed by atoms with Crippen LogP contribution in [0.25, 0.3) is 0 Å². The van der Waals surface area contributed by atoms with E-state index in [-0.39, 0.29) is 24.0 Å².